The number of fused-ring (bicyclic) bond motifs is 1. The van der Waals surface area contributed by atoms with Crippen LogP contribution in [0, 0.1) is 0 Å². The molecule has 0 N–H and O–H groups in total. The molecular weight excluding hydrogens is 260 g/mol. The quantitative estimate of drug-likeness (QED) is 0.733. The van der Waals surface area contributed by atoms with Crippen molar-refractivity contribution in [3.8, 4) is 11.4 Å². The Morgan fingerprint density at radius 1 is 1.05 bits per heavy atom. The van der Waals surface area contributed by atoms with Crippen molar-refractivity contribution in [3.05, 3.63) is 42.6 Å². The molecule has 0 saturated carbocycles. The Hall–Kier alpha value is -2.36. The molecule has 1 aromatic carbocycles. The van der Waals surface area contributed by atoms with Gasteiger partial charge in [0.15, 0.2) is 0 Å². The number of para-hydroxylation sites is 2. The molecule has 0 aliphatic rings. The van der Waals surface area contributed by atoms with Gasteiger partial charge in [0.25, 0.3) is 0 Å². The van der Waals surface area contributed by atoms with Gasteiger partial charge in [-0.1, -0.05) is 12.1 Å². The fourth-order valence-electron chi connectivity index (χ4n) is 2.66. The van der Waals surface area contributed by atoms with E-state index in [1.165, 1.54) is 0 Å². The van der Waals surface area contributed by atoms with Crippen molar-refractivity contribution in [1.29, 1.82) is 0 Å². The van der Waals surface area contributed by atoms with Gasteiger partial charge in [0, 0.05) is 31.9 Å². The second-order valence-corrected chi connectivity index (χ2v) is 5.06. The maximum Gasteiger partial charge on any atom is 0.142 e. The molecule has 0 fully saturated rings. The molecule has 0 bridgehead atoms. The number of hydrogen-bond donors (Lipinski definition) is 0. The zero-order chi connectivity index (χ0) is 14.8. The number of rotatable bonds is 4. The van der Waals surface area contributed by atoms with E-state index in [-0.39, 0.29) is 0 Å². The van der Waals surface area contributed by atoms with Crippen LogP contribution in [0.25, 0.3) is 22.4 Å². The zero-order valence-corrected chi connectivity index (χ0v) is 12.7. The first-order valence-electron chi connectivity index (χ1n) is 7.37. The van der Waals surface area contributed by atoms with E-state index in [0.29, 0.717) is 0 Å². The lowest BCUT2D eigenvalue weighted by atomic mass is 10.2. The second-order valence-electron chi connectivity index (χ2n) is 5.06. The third-order valence-electron chi connectivity index (χ3n) is 3.88. The third-order valence-corrected chi connectivity index (χ3v) is 3.88. The van der Waals surface area contributed by atoms with E-state index >= 15 is 0 Å². The van der Waals surface area contributed by atoms with Crippen LogP contribution < -0.4 is 4.90 Å². The highest BCUT2D eigenvalue weighted by molar-refractivity contribution is 5.80. The van der Waals surface area contributed by atoms with Crippen molar-refractivity contribution in [2.45, 2.75) is 13.8 Å². The van der Waals surface area contributed by atoms with E-state index in [2.05, 4.69) is 46.5 Å². The molecule has 0 aliphatic carbocycles. The maximum atomic E-state index is 4.71. The number of pyridine rings is 1. The Morgan fingerprint density at radius 3 is 2.43 bits per heavy atom. The van der Waals surface area contributed by atoms with Gasteiger partial charge in [-0.05, 0) is 38.1 Å². The van der Waals surface area contributed by atoms with Gasteiger partial charge in [0.2, 0.25) is 0 Å². The predicted molar refractivity (Wildman–Crippen MR) is 87.5 cm³/mol. The number of imidazole rings is 1. The lowest BCUT2D eigenvalue weighted by Crippen LogP contribution is -2.22. The number of hydrogen-bond acceptors (Lipinski definition) is 3. The number of nitrogens with zero attached hydrogens (tertiary/aromatic N) is 4. The van der Waals surface area contributed by atoms with Gasteiger partial charge in [0.1, 0.15) is 11.6 Å². The third kappa shape index (κ3) is 2.37. The van der Waals surface area contributed by atoms with Crippen LogP contribution in [0.15, 0.2) is 42.6 Å². The molecule has 0 unspecified atom stereocenters. The van der Waals surface area contributed by atoms with Gasteiger partial charge in [-0.3, -0.25) is 0 Å². The van der Waals surface area contributed by atoms with Crippen molar-refractivity contribution in [2.24, 2.45) is 7.05 Å². The number of anilines is 1. The second kappa shape index (κ2) is 5.56. The first kappa shape index (κ1) is 13.6. The van der Waals surface area contributed by atoms with Crippen LogP contribution in [-0.4, -0.2) is 27.6 Å². The van der Waals surface area contributed by atoms with Crippen molar-refractivity contribution in [1.82, 2.24) is 14.5 Å². The molecule has 3 rings (SSSR count). The smallest absolute Gasteiger partial charge is 0.142 e. The van der Waals surface area contributed by atoms with E-state index in [1.54, 1.807) is 0 Å². The average molecular weight is 280 g/mol. The van der Waals surface area contributed by atoms with E-state index < -0.39 is 0 Å². The molecule has 2 heterocycles. The summed E-state index contributed by atoms with van der Waals surface area (Å²) in [5.41, 5.74) is 3.20. The highest BCUT2D eigenvalue weighted by Crippen LogP contribution is 2.24. The van der Waals surface area contributed by atoms with Gasteiger partial charge in [-0.25, -0.2) is 9.97 Å². The summed E-state index contributed by atoms with van der Waals surface area (Å²) in [6.07, 6.45) is 1.91. The van der Waals surface area contributed by atoms with Crippen LogP contribution in [0.2, 0.25) is 0 Å². The molecule has 0 atom stereocenters. The Morgan fingerprint density at radius 2 is 1.81 bits per heavy atom. The van der Waals surface area contributed by atoms with Crippen molar-refractivity contribution in [3.63, 3.8) is 0 Å². The van der Waals surface area contributed by atoms with E-state index in [9.17, 15) is 0 Å². The van der Waals surface area contributed by atoms with Gasteiger partial charge < -0.3 is 9.47 Å². The van der Waals surface area contributed by atoms with Crippen LogP contribution >= 0.6 is 0 Å². The van der Waals surface area contributed by atoms with Gasteiger partial charge in [-0.2, -0.15) is 0 Å². The largest absolute Gasteiger partial charge is 0.357 e. The van der Waals surface area contributed by atoms with Gasteiger partial charge >= 0.3 is 0 Å². The van der Waals surface area contributed by atoms with Gasteiger partial charge in [0.05, 0.1) is 11.0 Å². The maximum absolute atomic E-state index is 4.71. The van der Waals surface area contributed by atoms with Crippen LogP contribution in [-0.2, 0) is 7.05 Å². The molecular formula is C17H20N4. The predicted octanol–water partition coefficient (Wildman–Crippen LogP) is 3.48. The highest BCUT2D eigenvalue weighted by atomic mass is 15.2. The van der Waals surface area contributed by atoms with Crippen molar-refractivity contribution >= 4 is 16.9 Å². The molecule has 0 spiro atoms. The molecule has 3 aromatic rings. The molecule has 0 saturated heterocycles. The van der Waals surface area contributed by atoms with E-state index in [0.717, 1.165) is 41.3 Å². The molecule has 4 nitrogen and oxygen atoms in total. The first-order valence-corrected chi connectivity index (χ1v) is 7.37. The summed E-state index contributed by atoms with van der Waals surface area (Å²) in [6, 6.07) is 12.3. The average Bonchev–Trinajstić information content (AvgIpc) is 2.87. The summed E-state index contributed by atoms with van der Waals surface area (Å²) in [4.78, 5) is 11.5. The Balaban J connectivity index is 2.01. The summed E-state index contributed by atoms with van der Waals surface area (Å²) < 4.78 is 2.11. The van der Waals surface area contributed by atoms with Gasteiger partial charge in [-0.15, -0.1) is 0 Å². The Labute approximate surface area is 125 Å². The Bertz CT molecular complexity index is 739. The first-order chi connectivity index (χ1) is 10.2. The number of aromatic nitrogens is 3. The minimum atomic E-state index is 0.954. The fraction of sp³-hybridized carbons (Fsp3) is 0.294. The fourth-order valence-corrected chi connectivity index (χ4v) is 2.66. The van der Waals surface area contributed by atoms with Crippen LogP contribution in [0.5, 0.6) is 0 Å². The SMILES string of the molecule is CCN(CC)c1ccc(-c2nc3ccccc3n2C)cn1. The highest BCUT2D eigenvalue weighted by Gasteiger charge is 2.10. The van der Waals surface area contributed by atoms with Crippen LogP contribution in [0.3, 0.4) is 0 Å². The molecule has 108 valence electrons. The minimum Gasteiger partial charge on any atom is -0.357 e. The topological polar surface area (TPSA) is 34.0 Å². The lowest BCUT2D eigenvalue weighted by molar-refractivity contribution is 0.846. The summed E-state index contributed by atoms with van der Waals surface area (Å²) in [5, 5.41) is 0. The molecule has 4 heteroatoms. The molecule has 2 aromatic heterocycles. The molecule has 0 amide bonds. The van der Waals surface area contributed by atoms with E-state index in [4.69, 9.17) is 4.98 Å². The van der Waals surface area contributed by atoms with Crippen LogP contribution in [0.1, 0.15) is 13.8 Å². The standard InChI is InChI=1S/C17H20N4/c1-4-21(5-2)16-11-10-13(12-18-16)17-19-14-8-6-7-9-15(14)20(17)3/h6-12H,4-5H2,1-3H3. The molecule has 0 radical (unpaired) electrons. The number of benzene rings is 1. The summed E-state index contributed by atoms with van der Waals surface area (Å²) in [6.45, 7) is 6.22. The Kier molecular flexibility index (Phi) is 3.60. The van der Waals surface area contributed by atoms with Crippen LogP contribution in [0.4, 0.5) is 5.82 Å². The van der Waals surface area contributed by atoms with Crippen molar-refractivity contribution < 1.29 is 0 Å². The lowest BCUT2D eigenvalue weighted by Gasteiger charge is -2.19. The van der Waals surface area contributed by atoms with Crippen molar-refractivity contribution in [2.75, 3.05) is 18.0 Å². The summed E-state index contributed by atoms with van der Waals surface area (Å²) in [5.74, 6) is 1.97. The summed E-state index contributed by atoms with van der Waals surface area (Å²) >= 11 is 0. The molecule has 0 aliphatic heterocycles. The monoisotopic (exact) mass is 280 g/mol. The summed E-state index contributed by atoms with van der Waals surface area (Å²) in [7, 11) is 2.04. The normalized spacial score (nSPS) is 11.0. The van der Waals surface area contributed by atoms with E-state index in [1.807, 2.05) is 31.4 Å². The number of aryl methyl sites for hydroxylation is 1. The minimum absolute atomic E-state index is 0.954. The molecule has 21 heavy (non-hydrogen) atoms. The zero-order valence-electron chi connectivity index (χ0n) is 12.7.